The van der Waals surface area contributed by atoms with Crippen LogP contribution in [-0.2, 0) is 0 Å². The highest BCUT2D eigenvalue weighted by Crippen LogP contribution is 2.21. The van der Waals surface area contributed by atoms with Crippen molar-refractivity contribution in [3.8, 4) is 0 Å². The molecule has 0 fully saturated rings. The number of benzene rings is 1. The maximum Gasteiger partial charge on any atom is 0.263 e. The highest BCUT2D eigenvalue weighted by molar-refractivity contribution is 5.93. The Morgan fingerprint density at radius 2 is 2.17 bits per heavy atom. The van der Waals surface area contributed by atoms with Crippen LogP contribution in [0.1, 0.15) is 21.9 Å². The molecule has 6 nitrogen and oxygen atoms in total. The third kappa shape index (κ3) is 3.03. The second-order valence-electron chi connectivity index (χ2n) is 4.75. The molecule has 0 aliphatic heterocycles. The molecule has 0 unspecified atom stereocenters. The van der Waals surface area contributed by atoms with Gasteiger partial charge in [0, 0.05) is 18.6 Å². The van der Waals surface area contributed by atoms with Crippen LogP contribution in [0.3, 0.4) is 0 Å². The number of carbonyl (C=O) groups is 1. The van der Waals surface area contributed by atoms with Crippen LogP contribution in [0.2, 0.25) is 0 Å². The van der Waals surface area contributed by atoms with Crippen LogP contribution in [0, 0.1) is 5.82 Å². The molecule has 0 aliphatic rings. The fourth-order valence-electron chi connectivity index (χ4n) is 2.07. The minimum atomic E-state index is -0.536. The van der Waals surface area contributed by atoms with E-state index in [1.807, 2.05) is 0 Å². The highest BCUT2D eigenvalue weighted by atomic mass is 19.1. The number of furan rings is 1. The van der Waals surface area contributed by atoms with Crippen molar-refractivity contribution in [1.82, 2.24) is 15.3 Å². The molecular weight excluding hydrogens is 301 g/mol. The Kier molecular flexibility index (Phi) is 3.76. The zero-order chi connectivity index (χ0) is 16.4. The molecule has 1 amide bonds. The summed E-state index contributed by atoms with van der Waals surface area (Å²) in [6.07, 6.45) is 4.32. The van der Waals surface area contributed by atoms with Gasteiger partial charge in [-0.25, -0.2) is 9.37 Å². The number of amides is 1. The molecule has 1 aromatic carbocycles. The van der Waals surface area contributed by atoms with Crippen molar-refractivity contribution in [2.75, 3.05) is 7.05 Å². The summed E-state index contributed by atoms with van der Waals surface area (Å²) in [5, 5.41) is 3.00. The van der Waals surface area contributed by atoms with Gasteiger partial charge in [0.15, 0.2) is 0 Å². The largest absolute Gasteiger partial charge is 0.457 e. The number of carbonyl (C=O) groups excluding carboxylic acids is 1. The van der Waals surface area contributed by atoms with Crippen LogP contribution in [0.25, 0.3) is 23.1 Å². The smallest absolute Gasteiger partial charge is 0.263 e. The Balaban J connectivity index is 1.88. The van der Waals surface area contributed by atoms with Gasteiger partial charge in [0.05, 0.1) is 0 Å². The summed E-state index contributed by atoms with van der Waals surface area (Å²) in [6, 6.07) is 5.90. The van der Waals surface area contributed by atoms with Crippen LogP contribution >= 0.6 is 0 Å². The molecule has 0 bridgehead atoms. The van der Waals surface area contributed by atoms with Crippen LogP contribution in [0.15, 0.2) is 39.7 Å². The second kappa shape index (κ2) is 5.88. The predicted octanol–water partition coefficient (Wildman–Crippen LogP) is 2.19. The fourth-order valence-corrected chi connectivity index (χ4v) is 2.07. The van der Waals surface area contributed by atoms with Crippen LogP contribution in [0.4, 0.5) is 4.39 Å². The summed E-state index contributed by atoms with van der Waals surface area (Å²) in [7, 11) is 1.43. The van der Waals surface area contributed by atoms with Gasteiger partial charge in [0.1, 0.15) is 28.5 Å². The Bertz CT molecular complexity index is 972. The van der Waals surface area contributed by atoms with E-state index >= 15 is 0 Å². The van der Waals surface area contributed by atoms with Gasteiger partial charge in [-0.05, 0) is 36.4 Å². The fraction of sp³-hybridized carbons (Fsp3) is 0.0625. The third-order valence-corrected chi connectivity index (χ3v) is 3.19. The zero-order valence-electron chi connectivity index (χ0n) is 12.1. The molecule has 0 radical (unpaired) electrons. The molecule has 0 aliphatic carbocycles. The number of nitrogens with zero attached hydrogens (tertiary/aromatic N) is 1. The average molecular weight is 313 g/mol. The molecule has 0 atom stereocenters. The number of H-pyrrole nitrogens is 1. The average Bonchev–Trinajstić information content (AvgIpc) is 2.94. The third-order valence-electron chi connectivity index (χ3n) is 3.19. The molecule has 2 aromatic heterocycles. The van der Waals surface area contributed by atoms with Crippen molar-refractivity contribution < 1.29 is 13.6 Å². The Morgan fingerprint density at radius 1 is 1.35 bits per heavy atom. The number of rotatable bonds is 3. The van der Waals surface area contributed by atoms with Gasteiger partial charge in [-0.2, -0.15) is 0 Å². The van der Waals surface area contributed by atoms with Crippen molar-refractivity contribution in [3.05, 3.63) is 63.8 Å². The number of hydrogen-bond acceptors (Lipinski definition) is 4. The minimum absolute atomic E-state index is 0.0659. The van der Waals surface area contributed by atoms with E-state index in [-0.39, 0.29) is 17.2 Å². The summed E-state index contributed by atoms with van der Waals surface area (Å²) in [5.41, 5.74) is -0.0444. The maximum atomic E-state index is 13.1. The molecule has 23 heavy (non-hydrogen) atoms. The number of nitrogens with one attached hydrogen (secondary N) is 2. The molecule has 0 saturated carbocycles. The number of aromatic nitrogens is 2. The predicted molar refractivity (Wildman–Crippen MR) is 83.3 cm³/mol. The lowest BCUT2D eigenvalue weighted by atomic mass is 10.2. The molecule has 3 rings (SSSR count). The quantitative estimate of drug-likeness (QED) is 0.776. The molecule has 0 saturated heterocycles. The Labute approximate surface area is 129 Å². The van der Waals surface area contributed by atoms with E-state index < -0.39 is 11.5 Å². The van der Waals surface area contributed by atoms with E-state index in [0.29, 0.717) is 16.7 Å². The standard InChI is InChI=1S/C16H12FN3O3/c1-18-15(21)12-8-19-14(20-16(12)22)5-3-11-7-9-6-10(17)2-4-13(9)23-11/h2-8H,1H3,(H,18,21)(H,19,20,22). The van der Waals surface area contributed by atoms with Crippen LogP contribution < -0.4 is 10.9 Å². The Morgan fingerprint density at radius 3 is 2.91 bits per heavy atom. The Hall–Kier alpha value is -3.22. The van der Waals surface area contributed by atoms with Gasteiger partial charge in [-0.3, -0.25) is 9.59 Å². The summed E-state index contributed by atoms with van der Waals surface area (Å²) >= 11 is 0. The van der Waals surface area contributed by atoms with E-state index in [0.717, 1.165) is 0 Å². The van der Waals surface area contributed by atoms with Gasteiger partial charge >= 0.3 is 0 Å². The SMILES string of the molecule is CNC(=O)c1cnc(C=Cc2cc3cc(F)ccc3o2)[nH]c1=O. The van der Waals surface area contributed by atoms with Gasteiger partial charge in [0.2, 0.25) is 0 Å². The number of fused-ring (bicyclic) bond motifs is 1. The van der Waals surface area contributed by atoms with Gasteiger partial charge in [0.25, 0.3) is 11.5 Å². The maximum absolute atomic E-state index is 13.1. The van der Waals surface area contributed by atoms with Crippen molar-refractivity contribution >= 4 is 29.0 Å². The lowest BCUT2D eigenvalue weighted by Gasteiger charge is -1.98. The summed E-state index contributed by atoms with van der Waals surface area (Å²) < 4.78 is 18.6. The van der Waals surface area contributed by atoms with Gasteiger partial charge in [-0.1, -0.05) is 0 Å². The topological polar surface area (TPSA) is 88.0 Å². The summed E-state index contributed by atoms with van der Waals surface area (Å²) in [6.45, 7) is 0. The minimum Gasteiger partial charge on any atom is -0.457 e. The number of hydrogen-bond donors (Lipinski definition) is 2. The zero-order valence-corrected chi connectivity index (χ0v) is 12.1. The number of aromatic amines is 1. The van der Waals surface area contributed by atoms with Crippen LogP contribution in [0.5, 0.6) is 0 Å². The van der Waals surface area contributed by atoms with Gasteiger partial charge < -0.3 is 14.7 Å². The van der Waals surface area contributed by atoms with Crippen LogP contribution in [-0.4, -0.2) is 22.9 Å². The van der Waals surface area contributed by atoms with E-state index in [9.17, 15) is 14.0 Å². The number of halogens is 1. The highest BCUT2D eigenvalue weighted by Gasteiger charge is 2.09. The van der Waals surface area contributed by atoms with Crippen molar-refractivity contribution in [2.24, 2.45) is 0 Å². The normalized spacial score (nSPS) is 11.2. The molecule has 116 valence electrons. The molecular formula is C16H12FN3O3. The van der Waals surface area contributed by atoms with E-state index in [2.05, 4.69) is 15.3 Å². The summed E-state index contributed by atoms with van der Waals surface area (Å²) in [5.74, 6) is -0.0869. The monoisotopic (exact) mass is 313 g/mol. The lowest BCUT2D eigenvalue weighted by molar-refractivity contribution is 0.0961. The molecule has 3 aromatic rings. The first-order valence-corrected chi connectivity index (χ1v) is 6.75. The summed E-state index contributed by atoms with van der Waals surface area (Å²) in [4.78, 5) is 29.7. The van der Waals surface area contributed by atoms with Crippen molar-refractivity contribution in [3.63, 3.8) is 0 Å². The van der Waals surface area contributed by atoms with Crippen molar-refractivity contribution in [1.29, 1.82) is 0 Å². The van der Waals surface area contributed by atoms with E-state index in [1.165, 1.54) is 31.5 Å². The first-order chi connectivity index (χ1) is 11.1. The molecule has 2 N–H and O–H groups in total. The first-order valence-electron chi connectivity index (χ1n) is 6.75. The molecule has 0 spiro atoms. The molecule has 7 heteroatoms. The molecule has 2 heterocycles. The van der Waals surface area contributed by atoms with E-state index in [4.69, 9.17) is 4.42 Å². The lowest BCUT2D eigenvalue weighted by Crippen LogP contribution is -2.27. The van der Waals surface area contributed by atoms with Gasteiger partial charge in [-0.15, -0.1) is 0 Å². The first kappa shape index (κ1) is 14.7. The van der Waals surface area contributed by atoms with E-state index in [1.54, 1.807) is 18.2 Å². The van der Waals surface area contributed by atoms with Crippen molar-refractivity contribution in [2.45, 2.75) is 0 Å². The second-order valence-corrected chi connectivity index (χ2v) is 4.75.